The van der Waals surface area contributed by atoms with Crippen molar-refractivity contribution in [2.75, 3.05) is 0 Å². The summed E-state index contributed by atoms with van der Waals surface area (Å²) in [5.74, 6) is 0. The molecular weight excluding hydrogens is 302 g/mol. The van der Waals surface area contributed by atoms with E-state index in [0.29, 0.717) is 19.3 Å². The Morgan fingerprint density at radius 3 is 2.21 bits per heavy atom. The van der Waals surface area contributed by atoms with Crippen LogP contribution in [0.15, 0.2) is 48.2 Å². The number of hydrogen-bond acceptors (Lipinski definition) is 3. The molecule has 0 aromatic rings. The molecule has 4 nitrogen and oxygen atoms in total. The lowest BCUT2D eigenvalue weighted by Crippen LogP contribution is -1.97. The third kappa shape index (κ3) is 14.9. The molecule has 0 saturated carbocycles. The van der Waals surface area contributed by atoms with Crippen molar-refractivity contribution < 1.29 is 9.72 Å². The fraction of sp³-hybridized carbons (Fsp3) is 0.550. The van der Waals surface area contributed by atoms with Gasteiger partial charge in [0.05, 0.1) is 11.3 Å². The van der Waals surface area contributed by atoms with Crippen LogP contribution in [-0.2, 0) is 4.79 Å². The molecule has 134 valence electrons. The first kappa shape index (κ1) is 22.0. The standard InChI is InChI=1S/C20H31NO3/c1-2-3-14-17-20(21(23)24)18-15-12-10-8-6-4-5-7-9-11-13-16-19-22/h3-4,6,10,12,14,18-19H,2,5,7-9,11,13,15-17H2,1H3/b6-4+,12-10+,14-3+,20-18-. The molecule has 0 fully saturated rings. The SMILES string of the molecule is CC/C=C/C/C(=C/C/C=C/C/C=C/CCCCCCC=O)[N+](=O)[O-]. The van der Waals surface area contributed by atoms with E-state index in [1.807, 2.05) is 31.2 Å². The minimum absolute atomic E-state index is 0.259. The van der Waals surface area contributed by atoms with Crippen LogP contribution in [0.1, 0.15) is 71.1 Å². The Labute approximate surface area is 146 Å². The van der Waals surface area contributed by atoms with Gasteiger partial charge < -0.3 is 4.79 Å². The Morgan fingerprint density at radius 1 is 0.875 bits per heavy atom. The number of nitrogens with zero attached hydrogens (tertiary/aromatic N) is 1. The van der Waals surface area contributed by atoms with Crippen molar-refractivity contribution in [2.24, 2.45) is 0 Å². The van der Waals surface area contributed by atoms with E-state index in [9.17, 15) is 14.9 Å². The van der Waals surface area contributed by atoms with Crippen molar-refractivity contribution in [1.29, 1.82) is 0 Å². The first-order chi connectivity index (χ1) is 11.7. The molecule has 0 atom stereocenters. The van der Waals surface area contributed by atoms with Gasteiger partial charge in [-0.1, -0.05) is 56.2 Å². The zero-order chi connectivity index (χ0) is 17.9. The Bertz CT molecular complexity index is 448. The van der Waals surface area contributed by atoms with Gasteiger partial charge in [0.25, 0.3) is 0 Å². The van der Waals surface area contributed by atoms with E-state index < -0.39 is 0 Å². The molecule has 0 rings (SSSR count). The van der Waals surface area contributed by atoms with E-state index in [4.69, 9.17) is 0 Å². The third-order valence-electron chi connectivity index (χ3n) is 3.50. The highest BCUT2D eigenvalue weighted by molar-refractivity contribution is 5.48. The first-order valence-corrected chi connectivity index (χ1v) is 8.94. The number of rotatable bonds is 15. The van der Waals surface area contributed by atoms with Gasteiger partial charge in [-0.3, -0.25) is 10.1 Å². The summed E-state index contributed by atoms with van der Waals surface area (Å²) in [4.78, 5) is 20.8. The van der Waals surface area contributed by atoms with E-state index >= 15 is 0 Å². The minimum atomic E-state index is -0.303. The molecule has 0 aliphatic rings. The van der Waals surface area contributed by atoms with Gasteiger partial charge in [-0.05, 0) is 44.6 Å². The van der Waals surface area contributed by atoms with E-state index in [1.165, 1.54) is 12.8 Å². The normalized spacial score (nSPS) is 12.6. The van der Waals surface area contributed by atoms with E-state index in [0.717, 1.165) is 38.4 Å². The number of allylic oxidation sites excluding steroid dienone is 7. The van der Waals surface area contributed by atoms with Crippen LogP contribution in [0.3, 0.4) is 0 Å². The van der Waals surface area contributed by atoms with Crippen LogP contribution in [0.4, 0.5) is 0 Å². The summed E-state index contributed by atoms with van der Waals surface area (Å²) in [5.41, 5.74) is 0.259. The topological polar surface area (TPSA) is 60.2 Å². The van der Waals surface area contributed by atoms with Crippen molar-refractivity contribution in [3.8, 4) is 0 Å². The van der Waals surface area contributed by atoms with E-state index in [2.05, 4.69) is 12.2 Å². The van der Waals surface area contributed by atoms with Crippen LogP contribution < -0.4 is 0 Å². The van der Waals surface area contributed by atoms with Crippen molar-refractivity contribution in [3.63, 3.8) is 0 Å². The van der Waals surface area contributed by atoms with Crippen molar-refractivity contribution in [2.45, 2.75) is 71.1 Å². The maximum atomic E-state index is 10.9. The Balaban J connectivity index is 3.80. The summed E-state index contributed by atoms with van der Waals surface area (Å²) < 4.78 is 0. The van der Waals surface area contributed by atoms with Crippen LogP contribution in [0.5, 0.6) is 0 Å². The summed E-state index contributed by atoms with van der Waals surface area (Å²) in [6, 6.07) is 0. The second-order valence-electron chi connectivity index (χ2n) is 5.61. The largest absolute Gasteiger partial charge is 0.303 e. The number of carbonyl (C=O) groups is 1. The molecule has 0 aromatic carbocycles. The lowest BCUT2D eigenvalue weighted by molar-refractivity contribution is -0.427. The number of carbonyl (C=O) groups excluding carboxylic acids is 1. The highest BCUT2D eigenvalue weighted by atomic mass is 16.6. The molecule has 4 heteroatoms. The number of unbranched alkanes of at least 4 members (excludes halogenated alkanes) is 5. The maximum Gasteiger partial charge on any atom is 0.246 e. The minimum Gasteiger partial charge on any atom is -0.303 e. The summed E-state index contributed by atoms with van der Waals surface area (Å²) in [7, 11) is 0. The zero-order valence-electron chi connectivity index (χ0n) is 14.9. The molecular formula is C20H31NO3. The molecule has 0 amide bonds. The molecule has 0 spiro atoms. The van der Waals surface area contributed by atoms with Crippen LogP contribution in [0.25, 0.3) is 0 Å². The summed E-state index contributed by atoms with van der Waals surface area (Å²) >= 11 is 0. The molecule has 0 heterocycles. The monoisotopic (exact) mass is 333 g/mol. The highest BCUT2D eigenvalue weighted by Crippen LogP contribution is 2.07. The van der Waals surface area contributed by atoms with E-state index in [-0.39, 0.29) is 10.6 Å². The van der Waals surface area contributed by atoms with Gasteiger partial charge in [-0.2, -0.15) is 0 Å². The summed E-state index contributed by atoms with van der Waals surface area (Å²) in [5, 5.41) is 10.9. The van der Waals surface area contributed by atoms with Gasteiger partial charge in [-0.15, -0.1) is 0 Å². The molecule has 0 unspecified atom stereocenters. The molecule has 0 aromatic heterocycles. The summed E-state index contributed by atoms with van der Waals surface area (Å²) in [6.45, 7) is 2.01. The lowest BCUT2D eigenvalue weighted by atomic mass is 10.1. The Hall–Kier alpha value is -1.97. The zero-order valence-corrected chi connectivity index (χ0v) is 14.9. The van der Waals surface area contributed by atoms with Gasteiger partial charge in [0.15, 0.2) is 0 Å². The molecule has 24 heavy (non-hydrogen) atoms. The quantitative estimate of drug-likeness (QED) is 0.123. The molecule has 0 radical (unpaired) electrons. The fourth-order valence-corrected chi connectivity index (χ4v) is 2.14. The Kier molecular flexibility index (Phi) is 16.0. The second-order valence-corrected chi connectivity index (χ2v) is 5.61. The molecule has 0 N–H and O–H groups in total. The van der Waals surface area contributed by atoms with Crippen LogP contribution >= 0.6 is 0 Å². The van der Waals surface area contributed by atoms with Crippen molar-refractivity contribution in [1.82, 2.24) is 0 Å². The third-order valence-corrected chi connectivity index (χ3v) is 3.50. The molecule has 0 saturated heterocycles. The maximum absolute atomic E-state index is 10.9. The van der Waals surface area contributed by atoms with Crippen LogP contribution in [-0.4, -0.2) is 11.2 Å². The van der Waals surface area contributed by atoms with Gasteiger partial charge in [0.1, 0.15) is 6.29 Å². The average molecular weight is 333 g/mol. The van der Waals surface area contributed by atoms with Gasteiger partial charge in [0, 0.05) is 6.42 Å². The highest BCUT2D eigenvalue weighted by Gasteiger charge is 2.05. The number of nitro groups is 1. The smallest absolute Gasteiger partial charge is 0.246 e. The van der Waals surface area contributed by atoms with Crippen LogP contribution in [0.2, 0.25) is 0 Å². The average Bonchev–Trinajstić information content (AvgIpc) is 2.57. The van der Waals surface area contributed by atoms with Gasteiger partial charge in [-0.25, -0.2) is 0 Å². The van der Waals surface area contributed by atoms with E-state index in [1.54, 1.807) is 6.08 Å². The molecule has 0 aliphatic heterocycles. The molecule has 0 bridgehead atoms. The van der Waals surface area contributed by atoms with Crippen molar-refractivity contribution >= 4 is 6.29 Å². The van der Waals surface area contributed by atoms with Crippen LogP contribution in [0, 0.1) is 10.1 Å². The van der Waals surface area contributed by atoms with Gasteiger partial charge >= 0.3 is 0 Å². The van der Waals surface area contributed by atoms with Crippen molar-refractivity contribution in [3.05, 3.63) is 58.3 Å². The number of aldehydes is 1. The first-order valence-electron chi connectivity index (χ1n) is 8.94. The predicted octanol–water partition coefficient (Wildman–Crippen LogP) is 5.94. The molecule has 0 aliphatic carbocycles. The number of hydrogen-bond donors (Lipinski definition) is 0. The predicted molar refractivity (Wildman–Crippen MR) is 100 cm³/mol. The second kappa shape index (κ2) is 17.4. The Morgan fingerprint density at radius 2 is 1.54 bits per heavy atom. The lowest BCUT2D eigenvalue weighted by Gasteiger charge is -1.95. The fourth-order valence-electron chi connectivity index (χ4n) is 2.14. The summed E-state index contributed by atoms with van der Waals surface area (Å²) in [6.07, 6.45) is 23.8. The van der Waals surface area contributed by atoms with Gasteiger partial charge in [0.2, 0.25) is 5.70 Å².